The summed E-state index contributed by atoms with van der Waals surface area (Å²) in [5.74, 6) is 0.161. The van der Waals surface area contributed by atoms with Gasteiger partial charge in [0.2, 0.25) is 0 Å². The summed E-state index contributed by atoms with van der Waals surface area (Å²) in [6.45, 7) is 1.97. The molecule has 0 radical (unpaired) electrons. The van der Waals surface area contributed by atoms with Crippen molar-refractivity contribution >= 4 is 15.9 Å². The minimum atomic E-state index is -0.339. The van der Waals surface area contributed by atoms with Crippen molar-refractivity contribution in [2.45, 2.75) is 19.4 Å². The smallest absolute Gasteiger partial charge is 0.141 e. The quantitative estimate of drug-likeness (QED) is 0.908. The average Bonchev–Trinajstić information content (AvgIpc) is 2.20. The molecule has 0 aliphatic rings. The van der Waals surface area contributed by atoms with Crippen LogP contribution in [0.2, 0.25) is 0 Å². The Balaban J connectivity index is 3.19. The summed E-state index contributed by atoms with van der Waals surface area (Å²) in [7, 11) is 1.51. The third kappa shape index (κ3) is 2.25. The van der Waals surface area contributed by atoms with Gasteiger partial charge in [0.1, 0.15) is 11.6 Å². The number of hydrogen-bond acceptors (Lipinski definition) is 2. The molecule has 0 amide bonds. The SMILES string of the molecule is CC[C@H](N)c1cc(Br)c(F)cc1OC. The van der Waals surface area contributed by atoms with E-state index in [1.165, 1.54) is 13.2 Å². The number of halogens is 2. The van der Waals surface area contributed by atoms with Crippen LogP contribution in [0.4, 0.5) is 4.39 Å². The van der Waals surface area contributed by atoms with Crippen molar-refractivity contribution < 1.29 is 9.13 Å². The Hall–Kier alpha value is -0.610. The lowest BCUT2D eigenvalue weighted by atomic mass is 10.0. The summed E-state index contributed by atoms with van der Waals surface area (Å²) in [5, 5.41) is 0. The van der Waals surface area contributed by atoms with Crippen LogP contribution in [0.25, 0.3) is 0 Å². The summed E-state index contributed by atoms with van der Waals surface area (Å²) >= 11 is 3.12. The summed E-state index contributed by atoms with van der Waals surface area (Å²) < 4.78 is 18.6. The average molecular weight is 262 g/mol. The van der Waals surface area contributed by atoms with Crippen molar-refractivity contribution in [2.75, 3.05) is 7.11 Å². The largest absolute Gasteiger partial charge is 0.496 e. The van der Waals surface area contributed by atoms with Gasteiger partial charge in [0.15, 0.2) is 0 Å². The first-order valence-electron chi connectivity index (χ1n) is 4.38. The Morgan fingerprint density at radius 3 is 2.71 bits per heavy atom. The maximum atomic E-state index is 13.1. The zero-order valence-electron chi connectivity index (χ0n) is 8.18. The van der Waals surface area contributed by atoms with Gasteiger partial charge in [-0.2, -0.15) is 0 Å². The van der Waals surface area contributed by atoms with Crippen LogP contribution in [0.1, 0.15) is 24.9 Å². The first-order chi connectivity index (χ1) is 6.60. The molecule has 0 aromatic heterocycles. The van der Waals surface area contributed by atoms with Crippen molar-refractivity contribution in [3.8, 4) is 5.75 Å². The Morgan fingerprint density at radius 1 is 1.57 bits per heavy atom. The van der Waals surface area contributed by atoms with Gasteiger partial charge in [-0.05, 0) is 28.4 Å². The van der Waals surface area contributed by atoms with Gasteiger partial charge in [0.25, 0.3) is 0 Å². The molecular formula is C10H13BrFNO. The lowest BCUT2D eigenvalue weighted by Gasteiger charge is -2.14. The Bertz CT molecular complexity index is 330. The maximum Gasteiger partial charge on any atom is 0.141 e. The third-order valence-electron chi connectivity index (χ3n) is 2.11. The zero-order chi connectivity index (χ0) is 10.7. The van der Waals surface area contributed by atoms with E-state index in [0.717, 1.165) is 12.0 Å². The van der Waals surface area contributed by atoms with Crippen molar-refractivity contribution in [1.29, 1.82) is 0 Å². The van der Waals surface area contributed by atoms with Crippen LogP contribution in [0, 0.1) is 5.82 Å². The fourth-order valence-electron chi connectivity index (χ4n) is 1.23. The highest BCUT2D eigenvalue weighted by molar-refractivity contribution is 9.10. The molecule has 2 N–H and O–H groups in total. The van der Waals surface area contributed by atoms with Gasteiger partial charge in [-0.15, -0.1) is 0 Å². The number of ether oxygens (including phenoxy) is 1. The van der Waals surface area contributed by atoms with E-state index in [2.05, 4.69) is 15.9 Å². The Labute approximate surface area is 91.4 Å². The van der Waals surface area contributed by atoms with Crippen LogP contribution < -0.4 is 10.5 Å². The molecule has 4 heteroatoms. The fraction of sp³-hybridized carbons (Fsp3) is 0.400. The van der Waals surface area contributed by atoms with Crippen LogP contribution in [0.5, 0.6) is 5.75 Å². The minimum absolute atomic E-state index is 0.123. The maximum absolute atomic E-state index is 13.1. The normalized spacial score (nSPS) is 12.6. The number of hydrogen-bond donors (Lipinski definition) is 1. The number of methoxy groups -OCH3 is 1. The van der Waals surface area contributed by atoms with Crippen molar-refractivity contribution in [1.82, 2.24) is 0 Å². The minimum Gasteiger partial charge on any atom is -0.496 e. The predicted octanol–water partition coefficient (Wildman–Crippen LogP) is 3.01. The lowest BCUT2D eigenvalue weighted by Crippen LogP contribution is -2.10. The van der Waals surface area contributed by atoms with Crippen LogP contribution in [0.3, 0.4) is 0 Å². The molecule has 0 saturated carbocycles. The van der Waals surface area contributed by atoms with E-state index in [9.17, 15) is 4.39 Å². The van der Waals surface area contributed by atoms with Gasteiger partial charge in [0, 0.05) is 17.7 Å². The molecule has 0 aliphatic carbocycles. The van der Waals surface area contributed by atoms with Crippen LogP contribution >= 0.6 is 15.9 Å². The van der Waals surface area contributed by atoms with E-state index in [1.807, 2.05) is 6.92 Å². The van der Waals surface area contributed by atoms with E-state index in [0.29, 0.717) is 10.2 Å². The summed E-state index contributed by atoms with van der Waals surface area (Å²) in [4.78, 5) is 0. The van der Waals surface area contributed by atoms with E-state index in [-0.39, 0.29) is 11.9 Å². The molecule has 1 aromatic rings. The van der Waals surface area contributed by atoms with Crippen molar-refractivity contribution in [3.05, 3.63) is 28.0 Å². The van der Waals surface area contributed by atoms with Gasteiger partial charge in [-0.1, -0.05) is 6.92 Å². The molecule has 0 bridgehead atoms. The monoisotopic (exact) mass is 261 g/mol. The van der Waals surface area contributed by atoms with Gasteiger partial charge in [-0.25, -0.2) is 4.39 Å². The second-order valence-corrected chi connectivity index (χ2v) is 3.88. The predicted molar refractivity (Wildman–Crippen MR) is 57.9 cm³/mol. The van der Waals surface area contributed by atoms with E-state index < -0.39 is 0 Å². The molecule has 78 valence electrons. The Kier molecular flexibility index (Phi) is 3.89. The van der Waals surface area contributed by atoms with Crippen molar-refractivity contribution in [3.63, 3.8) is 0 Å². The van der Waals surface area contributed by atoms with E-state index in [4.69, 9.17) is 10.5 Å². The molecular weight excluding hydrogens is 249 g/mol. The lowest BCUT2D eigenvalue weighted by molar-refractivity contribution is 0.401. The fourth-order valence-corrected chi connectivity index (χ4v) is 1.59. The molecule has 0 spiro atoms. The molecule has 1 aromatic carbocycles. The summed E-state index contributed by atoms with van der Waals surface area (Å²) in [6.07, 6.45) is 0.786. The molecule has 0 heterocycles. The highest BCUT2D eigenvalue weighted by Crippen LogP contribution is 2.30. The van der Waals surface area contributed by atoms with E-state index in [1.54, 1.807) is 6.07 Å². The topological polar surface area (TPSA) is 35.2 Å². The second kappa shape index (κ2) is 4.75. The molecule has 0 unspecified atom stereocenters. The standard InChI is InChI=1S/C10H13BrFNO/c1-3-9(13)6-4-7(11)8(12)5-10(6)14-2/h4-5,9H,3,13H2,1-2H3/t9-/m0/s1. The Morgan fingerprint density at radius 2 is 2.21 bits per heavy atom. The number of benzene rings is 1. The van der Waals surface area contributed by atoms with Gasteiger partial charge in [0.05, 0.1) is 11.6 Å². The van der Waals surface area contributed by atoms with Crippen molar-refractivity contribution in [2.24, 2.45) is 5.73 Å². The molecule has 1 atom stereocenters. The highest BCUT2D eigenvalue weighted by atomic mass is 79.9. The number of rotatable bonds is 3. The molecule has 1 rings (SSSR count). The highest BCUT2D eigenvalue weighted by Gasteiger charge is 2.13. The molecule has 2 nitrogen and oxygen atoms in total. The second-order valence-electron chi connectivity index (χ2n) is 3.02. The summed E-state index contributed by atoms with van der Waals surface area (Å²) in [5.41, 5.74) is 6.69. The van der Waals surface area contributed by atoms with Gasteiger partial charge < -0.3 is 10.5 Å². The first-order valence-corrected chi connectivity index (χ1v) is 5.18. The van der Waals surface area contributed by atoms with Crippen LogP contribution in [0.15, 0.2) is 16.6 Å². The molecule has 0 fully saturated rings. The van der Waals surface area contributed by atoms with Gasteiger partial charge in [-0.3, -0.25) is 0 Å². The molecule has 0 aliphatic heterocycles. The van der Waals surface area contributed by atoms with E-state index >= 15 is 0 Å². The van der Waals surface area contributed by atoms with Crippen LogP contribution in [-0.2, 0) is 0 Å². The summed E-state index contributed by atoms with van der Waals surface area (Å²) in [6, 6.07) is 2.89. The molecule has 0 saturated heterocycles. The first kappa shape index (κ1) is 11.5. The van der Waals surface area contributed by atoms with Gasteiger partial charge >= 0.3 is 0 Å². The number of nitrogens with two attached hydrogens (primary N) is 1. The molecule has 14 heavy (non-hydrogen) atoms. The third-order valence-corrected chi connectivity index (χ3v) is 2.72. The zero-order valence-corrected chi connectivity index (χ0v) is 9.77. The van der Waals surface area contributed by atoms with Crippen LogP contribution in [-0.4, -0.2) is 7.11 Å².